The molecule has 0 spiro atoms. The van der Waals surface area contributed by atoms with Crippen LogP contribution in [0, 0.1) is 24.7 Å². The molecule has 0 saturated heterocycles. The summed E-state index contributed by atoms with van der Waals surface area (Å²) in [6, 6.07) is 4.82. The second-order valence-electron chi connectivity index (χ2n) is 7.29. The van der Waals surface area contributed by atoms with Gasteiger partial charge in [-0.25, -0.2) is 4.79 Å². The first-order chi connectivity index (χ1) is 11.4. The Balaban J connectivity index is 1.47. The summed E-state index contributed by atoms with van der Waals surface area (Å²) in [6.45, 7) is 3.54. The second kappa shape index (κ2) is 6.83. The molecule has 2 fully saturated rings. The Morgan fingerprint density at radius 3 is 2.75 bits per heavy atom. The van der Waals surface area contributed by atoms with Crippen LogP contribution in [0.15, 0.2) is 18.2 Å². The Hall–Kier alpha value is -2.04. The van der Waals surface area contributed by atoms with Crippen molar-refractivity contribution in [1.82, 2.24) is 5.32 Å². The van der Waals surface area contributed by atoms with E-state index in [1.54, 1.807) is 6.07 Å². The van der Waals surface area contributed by atoms with Gasteiger partial charge >= 0.3 is 5.97 Å². The first-order valence-electron chi connectivity index (χ1n) is 8.70. The summed E-state index contributed by atoms with van der Waals surface area (Å²) in [5.41, 5.74) is 0.927. The largest absolute Gasteiger partial charge is 0.507 e. The predicted octanol–water partition coefficient (Wildman–Crippen LogP) is 2.80. The highest BCUT2D eigenvalue weighted by atomic mass is 16.5. The van der Waals surface area contributed by atoms with Crippen LogP contribution in [0.25, 0.3) is 0 Å². The van der Waals surface area contributed by atoms with Gasteiger partial charge in [-0.1, -0.05) is 12.5 Å². The number of phenolic OH excluding ortho intramolecular Hbond substituents is 1. The van der Waals surface area contributed by atoms with E-state index in [9.17, 15) is 14.7 Å². The number of fused-ring (bicyclic) bond motifs is 2. The van der Waals surface area contributed by atoms with Crippen molar-refractivity contribution in [2.75, 3.05) is 6.61 Å². The molecule has 2 saturated carbocycles. The molecule has 5 heteroatoms. The van der Waals surface area contributed by atoms with Crippen molar-refractivity contribution in [2.45, 2.75) is 45.6 Å². The van der Waals surface area contributed by atoms with Crippen molar-refractivity contribution in [1.29, 1.82) is 0 Å². The van der Waals surface area contributed by atoms with E-state index in [1.807, 2.05) is 13.8 Å². The van der Waals surface area contributed by atoms with Crippen LogP contribution in [0.4, 0.5) is 0 Å². The molecule has 1 aromatic rings. The van der Waals surface area contributed by atoms with Crippen molar-refractivity contribution in [3.8, 4) is 5.75 Å². The van der Waals surface area contributed by atoms with Crippen molar-refractivity contribution in [2.24, 2.45) is 17.8 Å². The minimum atomic E-state index is -0.685. The molecule has 130 valence electrons. The summed E-state index contributed by atoms with van der Waals surface area (Å²) < 4.78 is 5.03. The van der Waals surface area contributed by atoms with E-state index in [-0.39, 0.29) is 29.9 Å². The van der Waals surface area contributed by atoms with E-state index in [1.165, 1.54) is 37.8 Å². The minimum absolute atomic E-state index is 0.0783. The van der Waals surface area contributed by atoms with Gasteiger partial charge in [0.15, 0.2) is 6.61 Å². The highest BCUT2D eigenvalue weighted by Gasteiger charge is 2.42. The van der Waals surface area contributed by atoms with Crippen LogP contribution in [0.1, 0.15) is 48.5 Å². The third-order valence-electron chi connectivity index (χ3n) is 5.53. The summed E-state index contributed by atoms with van der Waals surface area (Å²) in [5.74, 6) is 1.01. The maximum atomic E-state index is 12.0. The molecule has 0 heterocycles. The zero-order valence-corrected chi connectivity index (χ0v) is 14.2. The molecule has 5 nitrogen and oxygen atoms in total. The lowest BCUT2D eigenvalue weighted by molar-refractivity contribution is -0.125. The maximum absolute atomic E-state index is 12.0. The molecule has 24 heavy (non-hydrogen) atoms. The fraction of sp³-hybridized carbons (Fsp3) is 0.579. The van der Waals surface area contributed by atoms with Crippen LogP contribution >= 0.6 is 0 Å². The summed E-state index contributed by atoms with van der Waals surface area (Å²) >= 11 is 0. The zero-order valence-electron chi connectivity index (χ0n) is 14.2. The van der Waals surface area contributed by atoms with Crippen molar-refractivity contribution in [3.63, 3.8) is 0 Å². The van der Waals surface area contributed by atoms with Crippen molar-refractivity contribution in [3.05, 3.63) is 29.3 Å². The van der Waals surface area contributed by atoms with Crippen LogP contribution in [0.5, 0.6) is 5.75 Å². The van der Waals surface area contributed by atoms with E-state index in [4.69, 9.17) is 4.74 Å². The third kappa shape index (κ3) is 3.55. The van der Waals surface area contributed by atoms with Gasteiger partial charge in [0.1, 0.15) is 11.3 Å². The number of amides is 1. The molecule has 1 aromatic carbocycles. The van der Waals surface area contributed by atoms with Crippen LogP contribution < -0.4 is 5.32 Å². The van der Waals surface area contributed by atoms with E-state index in [2.05, 4.69) is 5.32 Å². The summed E-state index contributed by atoms with van der Waals surface area (Å²) in [6.07, 6.45) is 5.10. The van der Waals surface area contributed by atoms with Crippen LogP contribution in [-0.2, 0) is 9.53 Å². The number of rotatable bonds is 5. The predicted molar refractivity (Wildman–Crippen MR) is 89.7 cm³/mol. The molecule has 0 aliphatic heterocycles. The Labute approximate surface area is 142 Å². The summed E-state index contributed by atoms with van der Waals surface area (Å²) in [7, 11) is 0. The Morgan fingerprint density at radius 1 is 1.33 bits per heavy atom. The van der Waals surface area contributed by atoms with Crippen LogP contribution in [0.2, 0.25) is 0 Å². The number of benzene rings is 1. The quantitative estimate of drug-likeness (QED) is 0.814. The molecule has 4 atom stereocenters. The summed E-state index contributed by atoms with van der Waals surface area (Å²) in [5, 5.41) is 12.7. The smallest absolute Gasteiger partial charge is 0.342 e. The average molecular weight is 331 g/mol. The molecule has 3 rings (SSSR count). The van der Waals surface area contributed by atoms with Gasteiger partial charge in [-0.3, -0.25) is 4.79 Å². The number of nitrogens with one attached hydrogen (secondary N) is 1. The lowest BCUT2D eigenvalue weighted by Gasteiger charge is -2.28. The standard InChI is InChI=1S/C19H25NO4/c1-11-3-6-15(17(21)7-11)19(23)24-10-18(22)20-12(2)16-9-13-4-5-14(16)8-13/h3,6-7,12-14,16,21H,4-5,8-10H2,1-2H3,(H,20,22). The second-order valence-corrected chi connectivity index (χ2v) is 7.29. The van der Waals surface area contributed by atoms with Gasteiger partial charge in [-0.05, 0) is 68.6 Å². The van der Waals surface area contributed by atoms with Gasteiger partial charge in [0.05, 0.1) is 0 Å². The molecule has 2 aliphatic carbocycles. The molecule has 1 amide bonds. The number of carbonyl (C=O) groups excluding carboxylic acids is 2. The lowest BCUT2D eigenvalue weighted by Crippen LogP contribution is -2.42. The number of carbonyl (C=O) groups is 2. The monoisotopic (exact) mass is 331 g/mol. The molecular weight excluding hydrogens is 306 g/mol. The number of aryl methyl sites for hydroxylation is 1. The van der Waals surface area contributed by atoms with Crippen LogP contribution in [0.3, 0.4) is 0 Å². The molecule has 4 unspecified atom stereocenters. The zero-order chi connectivity index (χ0) is 17.3. The van der Waals surface area contributed by atoms with Gasteiger partial charge in [0.2, 0.25) is 0 Å². The molecular formula is C19H25NO4. The number of hydrogen-bond donors (Lipinski definition) is 2. The molecule has 2 aliphatic rings. The minimum Gasteiger partial charge on any atom is -0.507 e. The van der Waals surface area contributed by atoms with Gasteiger partial charge in [-0.15, -0.1) is 0 Å². The highest BCUT2D eigenvalue weighted by Crippen LogP contribution is 2.49. The fourth-order valence-corrected chi connectivity index (χ4v) is 4.33. The van der Waals surface area contributed by atoms with Gasteiger partial charge in [0, 0.05) is 6.04 Å². The first-order valence-corrected chi connectivity index (χ1v) is 8.70. The van der Waals surface area contributed by atoms with Gasteiger partial charge in [-0.2, -0.15) is 0 Å². The number of hydrogen-bond acceptors (Lipinski definition) is 4. The third-order valence-corrected chi connectivity index (χ3v) is 5.53. The lowest BCUT2D eigenvalue weighted by atomic mass is 9.84. The molecule has 2 bridgehead atoms. The number of phenols is 1. The maximum Gasteiger partial charge on any atom is 0.342 e. The highest BCUT2D eigenvalue weighted by molar-refractivity contribution is 5.93. The molecule has 2 N–H and O–H groups in total. The molecule has 0 aromatic heterocycles. The number of esters is 1. The van der Waals surface area contributed by atoms with E-state index < -0.39 is 5.97 Å². The number of aromatic hydroxyl groups is 1. The average Bonchev–Trinajstić information content (AvgIpc) is 3.15. The Bertz CT molecular complexity index is 642. The first kappa shape index (κ1) is 16.8. The van der Waals surface area contributed by atoms with E-state index >= 15 is 0 Å². The summed E-state index contributed by atoms with van der Waals surface area (Å²) in [4.78, 5) is 24.0. The van der Waals surface area contributed by atoms with Gasteiger partial charge < -0.3 is 15.2 Å². The topological polar surface area (TPSA) is 75.6 Å². The van der Waals surface area contributed by atoms with E-state index in [0.717, 1.165) is 17.4 Å². The van der Waals surface area contributed by atoms with Crippen molar-refractivity contribution >= 4 is 11.9 Å². The van der Waals surface area contributed by atoms with Gasteiger partial charge in [0.25, 0.3) is 5.91 Å². The Morgan fingerprint density at radius 2 is 2.12 bits per heavy atom. The van der Waals surface area contributed by atoms with Crippen molar-refractivity contribution < 1.29 is 19.4 Å². The van der Waals surface area contributed by atoms with Crippen LogP contribution in [-0.4, -0.2) is 29.6 Å². The Kier molecular flexibility index (Phi) is 4.78. The SMILES string of the molecule is Cc1ccc(C(=O)OCC(=O)NC(C)C2CC3CCC2C3)c(O)c1. The van der Waals surface area contributed by atoms with E-state index in [0.29, 0.717) is 5.92 Å². The number of ether oxygens (including phenoxy) is 1. The normalized spacial score (nSPS) is 26.2. The molecule has 0 radical (unpaired) electrons. The fourth-order valence-electron chi connectivity index (χ4n) is 4.33.